The topological polar surface area (TPSA) is 52.2 Å². The lowest BCUT2D eigenvalue weighted by atomic mass is 9.95. The van der Waals surface area contributed by atoms with Gasteiger partial charge in [0.25, 0.3) is 0 Å². The molecule has 1 aliphatic heterocycles. The van der Waals surface area contributed by atoms with Crippen LogP contribution in [0.1, 0.15) is 36.0 Å². The summed E-state index contributed by atoms with van der Waals surface area (Å²) in [7, 11) is 1.86. The van der Waals surface area contributed by atoms with Crippen LogP contribution < -0.4 is 0 Å². The molecule has 0 unspecified atom stereocenters. The fourth-order valence-electron chi connectivity index (χ4n) is 3.93. The summed E-state index contributed by atoms with van der Waals surface area (Å²) in [4.78, 5) is 16.5. The van der Waals surface area contributed by atoms with Gasteiger partial charge in [0, 0.05) is 32.8 Å². The van der Waals surface area contributed by atoms with Gasteiger partial charge in [-0.05, 0) is 61.9 Å². The molecule has 1 amide bonds. The molecule has 8 heteroatoms. The van der Waals surface area contributed by atoms with Crippen molar-refractivity contribution in [2.24, 2.45) is 5.92 Å². The number of aromatic nitrogens is 2. The molecule has 1 aromatic carbocycles. The summed E-state index contributed by atoms with van der Waals surface area (Å²) in [5.74, 6) is 0.612. The number of H-pyrrole nitrogens is 1. The number of rotatable bonds is 8. The summed E-state index contributed by atoms with van der Waals surface area (Å²) in [6, 6.07) is 5.59. The number of hydrogen-bond donors (Lipinski definition) is 1. The van der Waals surface area contributed by atoms with Crippen LogP contribution in [0.25, 0.3) is 0 Å². The molecule has 0 bridgehead atoms. The lowest BCUT2D eigenvalue weighted by Crippen LogP contribution is -2.40. The maximum absolute atomic E-state index is 12.8. The molecule has 1 aromatic heterocycles. The zero-order valence-electron chi connectivity index (χ0n) is 17.3. The number of benzene rings is 1. The average molecular weight is 422 g/mol. The van der Waals surface area contributed by atoms with Gasteiger partial charge in [-0.2, -0.15) is 18.3 Å². The van der Waals surface area contributed by atoms with Crippen LogP contribution in [-0.4, -0.2) is 59.1 Å². The van der Waals surface area contributed by atoms with Gasteiger partial charge < -0.3 is 9.80 Å². The largest absolute Gasteiger partial charge is 0.416 e. The van der Waals surface area contributed by atoms with Crippen LogP contribution in [0.5, 0.6) is 0 Å². The van der Waals surface area contributed by atoms with Gasteiger partial charge in [-0.3, -0.25) is 9.89 Å². The van der Waals surface area contributed by atoms with E-state index in [2.05, 4.69) is 15.1 Å². The van der Waals surface area contributed by atoms with Gasteiger partial charge in [-0.1, -0.05) is 18.2 Å². The molecule has 2 aromatic rings. The number of amides is 1. The Bertz CT molecular complexity index is 799. The summed E-state index contributed by atoms with van der Waals surface area (Å²) in [5.41, 5.74) is 1.17. The van der Waals surface area contributed by atoms with Gasteiger partial charge >= 0.3 is 6.18 Å². The van der Waals surface area contributed by atoms with E-state index in [-0.39, 0.29) is 5.91 Å². The average Bonchev–Trinajstić information content (AvgIpc) is 3.25. The number of aryl methyl sites for hydroxylation is 1. The first-order valence-electron chi connectivity index (χ1n) is 10.4. The van der Waals surface area contributed by atoms with Crippen LogP contribution >= 0.6 is 0 Å². The van der Waals surface area contributed by atoms with Gasteiger partial charge in [0.15, 0.2) is 0 Å². The third-order valence-electron chi connectivity index (χ3n) is 5.82. The van der Waals surface area contributed by atoms with Crippen LogP contribution in [0.2, 0.25) is 0 Å². The van der Waals surface area contributed by atoms with Crippen molar-refractivity contribution in [2.45, 2.75) is 38.3 Å². The number of carbonyl (C=O) groups excluding carboxylic acids is 1. The predicted octanol–water partition coefficient (Wildman–Crippen LogP) is 3.77. The third kappa shape index (κ3) is 6.58. The Morgan fingerprint density at radius 1 is 1.23 bits per heavy atom. The molecule has 0 radical (unpaired) electrons. The van der Waals surface area contributed by atoms with Gasteiger partial charge in [0.1, 0.15) is 0 Å². The Hall–Kier alpha value is -2.35. The van der Waals surface area contributed by atoms with Crippen molar-refractivity contribution in [3.8, 4) is 0 Å². The van der Waals surface area contributed by atoms with E-state index in [9.17, 15) is 18.0 Å². The number of hydrogen-bond acceptors (Lipinski definition) is 3. The number of aromatic amines is 1. The standard InChI is InChI=1S/C22H29F3N4O/c1-28(21(30)6-5-19-14-26-27-15-19)16-18-8-11-29(12-9-18)10-7-17-3-2-4-20(13-17)22(23,24)25/h2-4,13-15,18H,5-12,16H2,1H3,(H,26,27). The lowest BCUT2D eigenvalue weighted by molar-refractivity contribution is -0.137. The van der Waals surface area contributed by atoms with Gasteiger partial charge in [-0.15, -0.1) is 0 Å². The first kappa shape index (κ1) is 22.3. The van der Waals surface area contributed by atoms with E-state index in [1.807, 2.05) is 18.1 Å². The monoisotopic (exact) mass is 422 g/mol. The SMILES string of the molecule is CN(CC1CCN(CCc2cccc(C(F)(F)F)c2)CC1)C(=O)CCc1cn[nH]c1. The van der Waals surface area contributed by atoms with Crippen molar-refractivity contribution in [2.75, 3.05) is 33.2 Å². The Labute approximate surface area is 175 Å². The van der Waals surface area contributed by atoms with Crippen LogP contribution in [0.3, 0.4) is 0 Å². The first-order valence-corrected chi connectivity index (χ1v) is 10.4. The Balaban J connectivity index is 1.37. The summed E-state index contributed by atoms with van der Waals surface area (Å²) in [5, 5.41) is 6.64. The van der Waals surface area contributed by atoms with Crippen molar-refractivity contribution in [3.63, 3.8) is 0 Å². The maximum Gasteiger partial charge on any atom is 0.416 e. The normalized spacial score (nSPS) is 16.0. The quantitative estimate of drug-likeness (QED) is 0.705. The fraction of sp³-hybridized carbons (Fsp3) is 0.545. The van der Waals surface area contributed by atoms with Crippen LogP contribution in [-0.2, 0) is 23.8 Å². The van der Waals surface area contributed by atoms with Gasteiger partial charge in [0.05, 0.1) is 11.8 Å². The molecule has 1 N–H and O–H groups in total. The Morgan fingerprint density at radius 2 is 2.00 bits per heavy atom. The number of carbonyl (C=O) groups is 1. The highest BCUT2D eigenvalue weighted by atomic mass is 19.4. The molecule has 0 saturated carbocycles. The molecular weight excluding hydrogens is 393 g/mol. The van der Waals surface area contributed by atoms with E-state index in [0.717, 1.165) is 56.2 Å². The maximum atomic E-state index is 12.8. The summed E-state index contributed by atoms with van der Waals surface area (Å²) in [6.45, 7) is 3.35. The Kier molecular flexibility index (Phi) is 7.53. The van der Waals surface area contributed by atoms with Crippen molar-refractivity contribution >= 4 is 5.91 Å². The number of nitrogens with one attached hydrogen (secondary N) is 1. The molecule has 1 aliphatic rings. The summed E-state index contributed by atoms with van der Waals surface area (Å²) in [6.07, 6.45) is 3.03. The van der Waals surface area contributed by atoms with Crippen molar-refractivity contribution in [1.82, 2.24) is 20.0 Å². The highest BCUT2D eigenvalue weighted by Crippen LogP contribution is 2.29. The second-order valence-corrected chi connectivity index (χ2v) is 8.11. The molecule has 30 heavy (non-hydrogen) atoms. The van der Waals surface area contributed by atoms with E-state index in [1.54, 1.807) is 12.3 Å². The highest BCUT2D eigenvalue weighted by molar-refractivity contribution is 5.76. The van der Waals surface area contributed by atoms with Gasteiger partial charge in [0.2, 0.25) is 5.91 Å². The highest BCUT2D eigenvalue weighted by Gasteiger charge is 2.30. The molecule has 0 spiro atoms. The minimum Gasteiger partial charge on any atom is -0.345 e. The first-order chi connectivity index (χ1) is 14.3. The molecule has 2 heterocycles. The van der Waals surface area contributed by atoms with Crippen LogP contribution in [0, 0.1) is 5.92 Å². The number of piperidine rings is 1. The molecule has 3 rings (SSSR count). The van der Waals surface area contributed by atoms with E-state index < -0.39 is 11.7 Å². The number of alkyl halides is 3. The zero-order valence-corrected chi connectivity index (χ0v) is 17.3. The van der Waals surface area contributed by atoms with E-state index in [4.69, 9.17) is 0 Å². The van der Waals surface area contributed by atoms with Gasteiger partial charge in [-0.25, -0.2) is 0 Å². The Morgan fingerprint density at radius 3 is 2.67 bits per heavy atom. The minimum absolute atomic E-state index is 0.142. The van der Waals surface area contributed by atoms with Crippen LogP contribution in [0.15, 0.2) is 36.7 Å². The molecule has 164 valence electrons. The number of nitrogens with zero attached hydrogens (tertiary/aromatic N) is 3. The molecule has 0 atom stereocenters. The minimum atomic E-state index is -4.30. The smallest absolute Gasteiger partial charge is 0.345 e. The third-order valence-corrected chi connectivity index (χ3v) is 5.82. The van der Waals surface area contributed by atoms with E-state index in [0.29, 0.717) is 25.2 Å². The molecule has 1 saturated heterocycles. The van der Waals surface area contributed by atoms with Crippen LogP contribution in [0.4, 0.5) is 13.2 Å². The summed E-state index contributed by atoms with van der Waals surface area (Å²) < 4.78 is 38.5. The van der Waals surface area contributed by atoms with E-state index in [1.165, 1.54) is 12.1 Å². The van der Waals surface area contributed by atoms with E-state index >= 15 is 0 Å². The second kappa shape index (κ2) is 10.1. The summed E-state index contributed by atoms with van der Waals surface area (Å²) >= 11 is 0. The lowest BCUT2D eigenvalue weighted by Gasteiger charge is -2.34. The predicted molar refractivity (Wildman–Crippen MR) is 109 cm³/mol. The van der Waals surface area contributed by atoms with Crippen molar-refractivity contribution < 1.29 is 18.0 Å². The zero-order chi connectivity index (χ0) is 21.6. The molecule has 0 aliphatic carbocycles. The number of halogens is 3. The fourth-order valence-corrected chi connectivity index (χ4v) is 3.93. The molecule has 1 fully saturated rings. The van der Waals surface area contributed by atoms with Crippen molar-refractivity contribution in [1.29, 1.82) is 0 Å². The second-order valence-electron chi connectivity index (χ2n) is 8.11. The van der Waals surface area contributed by atoms with Crippen molar-refractivity contribution in [3.05, 3.63) is 53.3 Å². The molecular formula is C22H29F3N4O. The molecule has 5 nitrogen and oxygen atoms in total. The number of likely N-dealkylation sites (tertiary alicyclic amines) is 1.